The van der Waals surface area contributed by atoms with E-state index in [1.807, 2.05) is 19.1 Å². The lowest BCUT2D eigenvalue weighted by Crippen LogP contribution is -2.41. The van der Waals surface area contributed by atoms with Gasteiger partial charge in [-0.2, -0.15) is 4.31 Å². The molecule has 1 saturated heterocycles. The fraction of sp³-hybridized carbons (Fsp3) is 0.300. The zero-order valence-corrected chi connectivity index (χ0v) is 17.1. The average Bonchev–Trinajstić information content (AvgIpc) is 3.10. The van der Waals surface area contributed by atoms with Crippen LogP contribution in [0.5, 0.6) is 0 Å². The molecule has 0 saturated carbocycles. The van der Waals surface area contributed by atoms with Crippen molar-refractivity contribution in [3.63, 3.8) is 0 Å². The van der Waals surface area contributed by atoms with Crippen LogP contribution in [-0.2, 0) is 14.8 Å². The molecule has 1 N–H and O–H groups in total. The number of aromatic nitrogens is 1. The summed E-state index contributed by atoms with van der Waals surface area (Å²) < 4.78 is 27.9. The van der Waals surface area contributed by atoms with Crippen molar-refractivity contribution in [1.29, 1.82) is 0 Å². The number of amides is 1. The Labute approximate surface area is 168 Å². The summed E-state index contributed by atoms with van der Waals surface area (Å²) >= 11 is 1.46. The summed E-state index contributed by atoms with van der Waals surface area (Å²) in [4.78, 5) is 17.4. The molecule has 146 valence electrons. The average molecular weight is 416 g/mol. The minimum Gasteiger partial charge on any atom is -0.302 e. The van der Waals surface area contributed by atoms with Gasteiger partial charge in [0.05, 0.1) is 15.1 Å². The summed E-state index contributed by atoms with van der Waals surface area (Å²) in [7, 11) is -3.50. The maximum Gasteiger partial charge on any atom is 0.243 e. The Morgan fingerprint density at radius 1 is 1.14 bits per heavy atom. The Morgan fingerprint density at radius 3 is 2.57 bits per heavy atom. The number of rotatable bonds is 4. The second-order valence-electron chi connectivity index (χ2n) is 6.97. The van der Waals surface area contributed by atoms with Crippen LogP contribution < -0.4 is 5.32 Å². The van der Waals surface area contributed by atoms with E-state index in [1.165, 1.54) is 15.6 Å². The highest BCUT2D eigenvalue weighted by Crippen LogP contribution is 2.29. The van der Waals surface area contributed by atoms with Crippen LogP contribution in [0.25, 0.3) is 10.2 Å². The van der Waals surface area contributed by atoms with Crippen LogP contribution in [0.4, 0.5) is 5.13 Å². The zero-order valence-electron chi connectivity index (χ0n) is 15.5. The largest absolute Gasteiger partial charge is 0.302 e. The summed E-state index contributed by atoms with van der Waals surface area (Å²) in [6.45, 7) is 2.71. The molecule has 0 spiro atoms. The van der Waals surface area contributed by atoms with Crippen LogP contribution in [0, 0.1) is 12.8 Å². The monoisotopic (exact) mass is 415 g/mol. The summed E-state index contributed by atoms with van der Waals surface area (Å²) in [5.74, 6) is -0.302. The van der Waals surface area contributed by atoms with Gasteiger partial charge in [0.15, 0.2) is 5.13 Å². The van der Waals surface area contributed by atoms with Gasteiger partial charge in [0.1, 0.15) is 0 Å². The first kappa shape index (κ1) is 19.0. The number of fused-ring (bicyclic) bond motifs is 1. The predicted molar refractivity (Wildman–Crippen MR) is 111 cm³/mol. The van der Waals surface area contributed by atoms with Crippen LogP contribution in [0.2, 0.25) is 0 Å². The number of aryl methyl sites for hydroxylation is 1. The number of piperidine rings is 1. The van der Waals surface area contributed by atoms with Crippen molar-refractivity contribution in [3.8, 4) is 0 Å². The molecule has 0 bridgehead atoms. The molecular weight excluding hydrogens is 394 g/mol. The fourth-order valence-electron chi connectivity index (χ4n) is 3.39. The maximum absolute atomic E-state index is 12.7. The molecule has 1 aliphatic heterocycles. The van der Waals surface area contributed by atoms with E-state index < -0.39 is 10.0 Å². The Morgan fingerprint density at radius 2 is 1.86 bits per heavy atom. The van der Waals surface area contributed by atoms with Crippen molar-refractivity contribution >= 4 is 42.6 Å². The van der Waals surface area contributed by atoms with Crippen LogP contribution >= 0.6 is 11.3 Å². The summed E-state index contributed by atoms with van der Waals surface area (Å²) in [5, 5.41) is 3.49. The molecule has 0 radical (unpaired) electrons. The highest BCUT2D eigenvalue weighted by atomic mass is 32.2. The van der Waals surface area contributed by atoms with Crippen molar-refractivity contribution in [2.24, 2.45) is 5.92 Å². The number of hydrogen-bond acceptors (Lipinski definition) is 5. The molecule has 0 aliphatic carbocycles. The Balaban J connectivity index is 1.39. The van der Waals surface area contributed by atoms with Crippen molar-refractivity contribution in [2.45, 2.75) is 24.7 Å². The third kappa shape index (κ3) is 3.80. The summed E-state index contributed by atoms with van der Waals surface area (Å²) in [6.07, 6.45) is 1.00. The van der Waals surface area contributed by atoms with E-state index in [9.17, 15) is 13.2 Å². The quantitative estimate of drug-likeness (QED) is 0.705. The standard InChI is InChI=1S/C20H21N3O3S2/c1-14-7-8-17-18(13-14)27-20(21-17)22-19(24)15-9-11-23(12-10-15)28(25,26)16-5-3-2-4-6-16/h2-8,13,15H,9-12H2,1H3,(H,21,22,24). The molecule has 2 aromatic carbocycles. The number of hydrogen-bond donors (Lipinski definition) is 1. The zero-order chi connectivity index (χ0) is 19.7. The molecule has 1 amide bonds. The fourth-order valence-corrected chi connectivity index (χ4v) is 5.85. The molecule has 6 nitrogen and oxygen atoms in total. The van der Waals surface area contributed by atoms with Gasteiger partial charge < -0.3 is 5.32 Å². The van der Waals surface area contributed by atoms with Gasteiger partial charge in [0.2, 0.25) is 15.9 Å². The lowest BCUT2D eigenvalue weighted by molar-refractivity contribution is -0.120. The summed E-state index contributed by atoms with van der Waals surface area (Å²) in [5.41, 5.74) is 2.02. The third-order valence-corrected chi connectivity index (χ3v) is 7.83. The Bertz CT molecular complexity index is 1100. The lowest BCUT2D eigenvalue weighted by Gasteiger charge is -2.30. The molecular formula is C20H21N3O3S2. The van der Waals surface area contributed by atoms with Gasteiger partial charge in [0.25, 0.3) is 0 Å². The van der Waals surface area contributed by atoms with E-state index in [0.717, 1.165) is 15.8 Å². The number of benzene rings is 2. The first-order chi connectivity index (χ1) is 13.4. The van der Waals surface area contributed by atoms with Crippen LogP contribution in [-0.4, -0.2) is 36.7 Å². The molecule has 1 aromatic heterocycles. The molecule has 1 fully saturated rings. The van der Waals surface area contributed by atoms with Gasteiger partial charge in [-0.05, 0) is 49.6 Å². The minimum absolute atomic E-state index is 0.0902. The van der Waals surface area contributed by atoms with Gasteiger partial charge in [-0.15, -0.1) is 0 Å². The van der Waals surface area contributed by atoms with Gasteiger partial charge >= 0.3 is 0 Å². The highest BCUT2D eigenvalue weighted by Gasteiger charge is 2.32. The molecule has 4 rings (SSSR count). The normalized spacial score (nSPS) is 16.3. The maximum atomic E-state index is 12.7. The molecule has 3 aromatic rings. The van der Waals surface area contributed by atoms with Crippen molar-refractivity contribution < 1.29 is 13.2 Å². The lowest BCUT2D eigenvalue weighted by atomic mass is 9.97. The number of thiazole rings is 1. The van der Waals surface area contributed by atoms with Crippen LogP contribution in [0.1, 0.15) is 18.4 Å². The second-order valence-corrected chi connectivity index (χ2v) is 9.94. The van der Waals surface area contributed by atoms with Crippen LogP contribution in [0.15, 0.2) is 53.4 Å². The predicted octanol–water partition coefficient (Wildman–Crippen LogP) is 3.64. The number of carbonyl (C=O) groups excluding carboxylic acids is 1. The topological polar surface area (TPSA) is 79.4 Å². The van der Waals surface area contributed by atoms with Gasteiger partial charge in [-0.3, -0.25) is 4.79 Å². The van der Waals surface area contributed by atoms with E-state index in [4.69, 9.17) is 0 Å². The second kappa shape index (κ2) is 7.62. The van der Waals surface area contributed by atoms with Crippen LogP contribution in [0.3, 0.4) is 0 Å². The number of sulfonamides is 1. The molecule has 0 unspecified atom stereocenters. The molecule has 2 heterocycles. The van der Waals surface area contributed by atoms with E-state index in [-0.39, 0.29) is 11.8 Å². The Hall–Kier alpha value is -2.29. The molecule has 0 atom stereocenters. The third-order valence-electron chi connectivity index (χ3n) is 4.98. The number of nitrogens with zero attached hydrogens (tertiary/aromatic N) is 2. The van der Waals surface area contributed by atoms with Crippen molar-refractivity contribution in [3.05, 3.63) is 54.1 Å². The molecule has 1 aliphatic rings. The minimum atomic E-state index is -3.50. The molecule has 8 heteroatoms. The van der Waals surface area contributed by atoms with Gasteiger partial charge in [-0.25, -0.2) is 13.4 Å². The van der Waals surface area contributed by atoms with Crippen molar-refractivity contribution in [1.82, 2.24) is 9.29 Å². The summed E-state index contributed by atoms with van der Waals surface area (Å²) in [6, 6.07) is 14.4. The first-order valence-electron chi connectivity index (χ1n) is 9.17. The van der Waals surface area contributed by atoms with Gasteiger partial charge in [0, 0.05) is 19.0 Å². The van der Waals surface area contributed by atoms with E-state index >= 15 is 0 Å². The molecule has 28 heavy (non-hydrogen) atoms. The Kier molecular flexibility index (Phi) is 5.18. The van der Waals surface area contributed by atoms with Crippen molar-refractivity contribution in [2.75, 3.05) is 18.4 Å². The van der Waals surface area contributed by atoms with E-state index in [0.29, 0.717) is 36.0 Å². The number of nitrogens with one attached hydrogen (secondary N) is 1. The first-order valence-corrected chi connectivity index (χ1v) is 11.4. The highest BCUT2D eigenvalue weighted by molar-refractivity contribution is 7.89. The SMILES string of the molecule is Cc1ccc2nc(NC(=O)C3CCN(S(=O)(=O)c4ccccc4)CC3)sc2c1. The van der Waals surface area contributed by atoms with E-state index in [1.54, 1.807) is 30.3 Å². The number of carbonyl (C=O) groups is 1. The smallest absolute Gasteiger partial charge is 0.243 e. The van der Waals surface area contributed by atoms with E-state index in [2.05, 4.69) is 16.4 Å². The number of anilines is 1. The van der Waals surface area contributed by atoms with Gasteiger partial charge in [-0.1, -0.05) is 35.6 Å².